The molecule has 5 N–H and O–H groups in total. The lowest BCUT2D eigenvalue weighted by atomic mass is 10.6. The van der Waals surface area contributed by atoms with E-state index >= 15 is 0 Å². The molecule has 0 heterocycles. The summed E-state index contributed by atoms with van der Waals surface area (Å²) in [4.78, 5) is 16.4. The summed E-state index contributed by atoms with van der Waals surface area (Å²) in [7, 11) is -6.71. The van der Waals surface area contributed by atoms with Crippen LogP contribution >= 0.6 is 16.5 Å². The third-order valence-electron chi connectivity index (χ3n) is 0.670. The summed E-state index contributed by atoms with van der Waals surface area (Å²) in [5.41, 5.74) is 4.80. The van der Waals surface area contributed by atoms with Crippen LogP contribution in [0, 0.1) is 5.41 Å². The zero-order chi connectivity index (χ0) is 9.72. The SMILES string of the molecule is N=C(N)C(O[PH](=O)O)O[PH](=O)O. The van der Waals surface area contributed by atoms with Crippen molar-refractivity contribution in [1.29, 1.82) is 5.41 Å². The molecule has 12 heavy (non-hydrogen) atoms. The number of rotatable bonds is 5. The Bertz CT molecular complexity index is 202. The Morgan fingerprint density at radius 1 is 1.33 bits per heavy atom. The maximum Gasteiger partial charge on any atom is 0.319 e. The highest BCUT2D eigenvalue weighted by Gasteiger charge is 2.17. The lowest BCUT2D eigenvalue weighted by Crippen LogP contribution is -2.29. The zero-order valence-corrected chi connectivity index (χ0v) is 7.68. The normalized spacial score (nSPS) is 18.2. The molecule has 0 aromatic carbocycles. The van der Waals surface area contributed by atoms with Crippen LogP contribution in [-0.2, 0) is 18.2 Å². The number of hydrogen-bond acceptors (Lipinski definition) is 5. The molecule has 2 atom stereocenters. The van der Waals surface area contributed by atoms with Crippen LogP contribution < -0.4 is 5.73 Å². The number of hydrogen-bond donors (Lipinski definition) is 4. The largest absolute Gasteiger partial charge is 0.383 e. The molecule has 2 unspecified atom stereocenters. The molecule has 0 saturated heterocycles. The van der Waals surface area contributed by atoms with Crippen LogP contribution in [0.15, 0.2) is 0 Å². The fourth-order valence-electron chi connectivity index (χ4n) is 0.334. The summed E-state index contributed by atoms with van der Waals surface area (Å²) in [5, 5.41) is 6.70. The van der Waals surface area contributed by atoms with Crippen LogP contribution in [0.25, 0.3) is 0 Å². The van der Waals surface area contributed by atoms with E-state index in [2.05, 4.69) is 9.05 Å². The van der Waals surface area contributed by atoms with Gasteiger partial charge in [0, 0.05) is 0 Å². The second kappa shape index (κ2) is 5.42. The van der Waals surface area contributed by atoms with E-state index < -0.39 is 28.6 Å². The Labute approximate surface area is 68.7 Å². The van der Waals surface area contributed by atoms with Crippen LogP contribution in [0.3, 0.4) is 0 Å². The van der Waals surface area contributed by atoms with Gasteiger partial charge in [-0.15, -0.1) is 0 Å². The highest BCUT2D eigenvalue weighted by molar-refractivity contribution is 7.33. The van der Waals surface area contributed by atoms with Gasteiger partial charge in [-0.1, -0.05) is 0 Å². The summed E-state index contributed by atoms with van der Waals surface area (Å²) < 4.78 is 28.1. The second-order valence-electron chi connectivity index (χ2n) is 1.55. The summed E-state index contributed by atoms with van der Waals surface area (Å²) in [6, 6.07) is 0. The van der Waals surface area contributed by atoms with Crippen LogP contribution in [0.4, 0.5) is 0 Å². The van der Waals surface area contributed by atoms with E-state index in [4.69, 9.17) is 20.9 Å². The quantitative estimate of drug-likeness (QED) is 0.201. The van der Waals surface area contributed by atoms with Gasteiger partial charge in [-0.3, -0.25) is 23.6 Å². The summed E-state index contributed by atoms with van der Waals surface area (Å²) >= 11 is 0. The first-order chi connectivity index (χ1) is 5.43. The van der Waals surface area contributed by atoms with Crippen molar-refractivity contribution in [3.63, 3.8) is 0 Å². The first-order valence-electron chi connectivity index (χ1n) is 2.56. The lowest BCUT2D eigenvalue weighted by molar-refractivity contribution is 0.0568. The van der Waals surface area contributed by atoms with Crippen LogP contribution in [0.1, 0.15) is 0 Å². The molecule has 0 spiro atoms. The fourth-order valence-corrected chi connectivity index (χ4v) is 1.15. The monoisotopic (exact) mass is 218 g/mol. The molecule has 0 aliphatic heterocycles. The van der Waals surface area contributed by atoms with Gasteiger partial charge in [0.2, 0.25) is 6.29 Å². The first-order valence-corrected chi connectivity index (χ1v) is 5.09. The molecule has 0 aliphatic rings. The van der Waals surface area contributed by atoms with Gasteiger partial charge in [-0.05, 0) is 0 Å². The van der Waals surface area contributed by atoms with Gasteiger partial charge in [0.15, 0.2) is 0 Å². The van der Waals surface area contributed by atoms with Crippen LogP contribution in [0.5, 0.6) is 0 Å². The predicted molar refractivity (Wildman–Crippen MR) is 40.3 cm³/mol. The molecule has 0 aromatic heterocycles. The molecule has 0 radical (unpaired) electrons. The van der Waals surface area contributed by atoms with E-state index in [9.17, 15) is 9.13 Å². The van der Waals surface area contributed by atoms with Crippen LogP contribution in [0.2, 0.25) is 0 Å². The molecule has 0 rings (SSSR count). The Morgan fingerprint density at radius 3 is 1.83 bits per heavy atom. The van der Waals surface area contributed by atoms with E-state index in [0.717, 1.165) is 0 Å². The average Bonchev–Trinajstić information content (AvgIpc) is 1.83. The maximum absolute atomic E-state index is 10.1. The highest BCUT2D eigenvalue weighted by atomic mass is 31.1. The number of amidine groups is 1. The van der Waals surface area contributed by atoms with Gasteiger partial charge < -0.3 is 15.5 Å². The number of nitrogens with two attached hydrogens (primary N) is 1. The maximum atomic E-state index is 10.1. The van der Waals surface area contributed by atoms with E-state index in [-0.39, 0.29) is 0 Å². The summed E-state index contributed by atoms with van der Waals surface area (Å²) in [5.74, 6) is -0.755. The topological polar surface area (TPSA) is 143 Å². The van der Waals surface area contributed by atoms with E-state index in [1.54, 1.807) is 0 Å². The molecule has 0 aromatic rings. The minimum atomic E-state index is -3.35. The van der Waals surface area contributed by atoms with E-state index in [0.29, 0.717) is 0 Å². The fraction of sp³-hybridized carbons (Fsp3) is 0.500. The van der Waals surface area contributed by atoms with E-state index in [1.165, 1.54) is 0 Å². The van der Waals surface area contributed by atoms with Crippen molar-refractivity contribution in [3.8, 4) is 0 Å². The van der Waals surface area contributed by atoms with Gasteiger partial charge in [0.05, 0.1) is 0 Å². The summed E-state index contributed by atoms with van der Waals surface area (Å²) in [6.45, 7) is 0. The molecule has 10 heteroatoms. The lowest BCUT2D eigenvalue weighted by Gasteiger charge is -2.11. The first kappa shape index (κ1) is 11.8. The van der Waals surface area contributed by atoms with Crippen molar-refractivity contribution < 1.29 is 28.0 Å². The van der Waals surface area contributed by atoms with Crippen molar-refractivity contribution in [2.24, 2.45) is 5.73 Å². The molecule has 8 nitrogen and oxygen atoms in total. The Kier molecular flexibility index (Phi) is 5.32. The summed E-state index contributed by atoms with van der Waals surface area (Å²) in [6.07, 6.45) is -1.74. The van der Waals surface area contributed by atoms with E-state index in [1.807, 2.05) is 0 Å². The minimum Gasteiger partial charge on any atom is -0.383 e. The molecule has 0 saturated carbocycles. The predicted octanol–water partition coefficient (Wildman–Crippen LogP) is -0.954. The van der Waals surface area contributed by atoms with Gasteiger partial charge in [0.1, 0.15) is 5.84 Å². The highest BCUT2D eigenvalue weighted by Crippen LogP contribution is 2.25. The van der Waals surface area contributed by atoms with Crippen molar-refractivity contribution in [2.45, 2.75) is 6.29 Å². The van der Waals surface area contributed by atoms with Gasteiger partial charge in [0.25, 0.3) is 0 Å². The molecule has 72 valence electrons. The standard InChI is InChI=1S/C2H8N2O6P2/c3-1(4)2(9-11(5)6)10-12(7)8/h2,11-12H,(H3,3,4)(H,5,6)(H,7,8). The van der Waals surface area contributed by atoms with Crippen molar-refractivity contribution in [3.05, 3.63) is 0 Å². The second-order valence-corrected chi connectivity index (χ2v) is 3.09. The van der Waals surface area contributed by atoms with Gasteiger partial charge in [-0.2, -0.15) is 0 Å². The zero-order valence-electron chi connectivity index (χ0n) is 5.68. The van der Waals surface area contributed by atoms with Crippen molar-refractivity contribution >= 4 is 22.3 Å². The van der Waals surface area contributed by atoms with Crippen molar-refractivity contribution in [2.75, 3.05) is 0 Å². The Morgan fingerprint density at radius 2 is 1.67 bits per heavy atom. The molecule has 0 bridgehead atoms. The molecular weight excluding hydrogens is 210 g/mol. The Hall–Kier alpha value is -0.230. The molecule has 0 amide bonds. The molecule has 0 fully saturated rings. The average molecular weight is 218 g/mol. The minimum absolute atomic E-state index is 0.755. The molecular formula is C2H8N2O6P2. The third kappa shape index (κ3) is 5.42. The third-order valence-corrected chi connectivity index (χ3v) is 1.50. The van der Waals surface area contributed by atoms with Gasteiger partial charge >= 0.3 is 16.5 Å². The molecule has 0 aliphatic carbocycles. The Balaban J connectivity index is 4.14. The van der Waals surface area contributed by atoms with Gasteiger partial charge in [-0.25, -0.2) is 0 Å². The van der Waals surface area contributed by atoms with Crippen LogP contribution in [-0.4, -0.2) is 21.9 Å². The van der Waals surface area contributed by atoms with Crippen molar-refractivity contribution in [1.82, 2.24) is 0 Å². The number of nitrogens with one attached hydrogen (secondary N) is 1. The smallest absolute Gasteiger partial charge is 0.319 e.